The van der Waals surface area contributed by atoms with Gasteiger partial charge in [0.2, 0.25) is 5.91 Å². The fraction of sp³-hybridized carbons (Fsp3) is 0.267. The fourth-order valence-electron chi connectivity index (χ4n) is 2.30. The minimum Gasteiger partial charge on any atom is -0.468 e. The van der Waals surface area contributed by atoms with Crippen LogP contribution >= 0.6 is 0 Å². The van der Waals surface area contributed by atoms with Crippen LogP contribution in [0.25, 0.3) is 0 Å². The van der Waals surface area contributed by atoms with Crippen LogP contribution in [0.1, 0.15) is 6.92 Å². The van der Waals surface area contributed by atoms with Crippen LogP contribution in [-0.4, -0.2) is 36.4 Å². The van der Waals surface area contributed by atoms with Gasteiger partial charge in [-0.15, -0.1) is 0 Å². The number of esters is 1. The van der Waals surface area contributed by atoms with Crippen molar-refractivity contribution in [2.24, 2.45) is 22.7 Å². The molecular weight excluding hydrogens is 302 g/mol. The Kier molecular flexibility index (Phi) is 4.54. The third-order valence-electron chi connectivity index (χ3n) is 3.42. The van der Waals surface area contributed by atoms with E-state index in [9.17, 15) is 19.2 Å². The van der Waals surface area contributed by atoms with Gasteiger partial charge in [-0.1, -0.05) is 18.2 Å². The van der Waals surface area contributed by atoms with Gasteiger partial charge in [0.05, 0.1) is 18.5 Å². The van der Waals surface area contributed by atoms with Crippen molar-refractivity contribution >= 4 is 35.0 Å². The second-order valence-corrected chi connectivity index (χ2v) is 4.92. The Morgan fingerprint density at radius 3 is 2.39 bits per heavy atom. The lowest BCUT2D eigenvalue weighted by molar-refractivity contribution is -0.153. The van der Waals surface area contributed by atoms with Crippen LogP contribution in [0.3, 0.4) is 0 Å². The first-order chi connectivity index (χ1) is 10.9. The summed E-state index contributed by atoms with van der Waals surface area (Å²) in [5, 5.41) is 5.11. The molecule has 2 N–H and O–H groups in total. The molecule has 1 aromatic rings. The second kappa shape index (κ2) is 6.39. The number of hydrogen-bond donors (Lipinski definition) is 1. The number of nitrogens with zero attached hydrogens (tertiary/aromatic N) is 2. The second-order valence-electron chi connectivity index (χ2n) is 4.92. The topological polar surface area (TPSA) is 119 Å². The number of carbonyl (C=O) groups excluding carboxylic acids is 4. The Bertz CT molecular complexity index is 698. The number of nitrogens with two attached hydrogens (primary N) is 1. The van der Waals surface area contributed by atoms with Crippen LogP contribution in [-0.2, 0) is 23.9 Å². The molecule has 0 radical (unpaired) electrons. The predicted octanol–water partition coefficient (Wildman–Crippen LogP) is -0.131. The Balaban J connectivity index is 2.32. The lowest BCUT2D eigenvalue weighted by Crippen LogP contribution is -2.44. The Morgan fingerprint density at radius 2 is 1.87 bits per heavy atom. The smallest absolute Gasteiger partial charge is 0.325 e. The standard InChI is InChI=1S/C15H15N3O5/c1-8-10(12(19)11(13(16)20)15(22)23-2)14(21)18(17-8)9-6-4-3-5-7-9/h3-7,10-11H,1-2H3,(H2,16,20). The number of hydrogen-bond acceptors (Lipinski definition) is 6. The van der Waals surface area contributed by atoms with E-state index in [1.54, 1.807) is 30.3 Å². The largest absolute Gasteiger partial charge is 0.468 e. The lowest BCUT2D eigenvalue weighted by Gasteiger charge is -2.16. The number of benzene rings is 1. The van der Waals surface area contributed by atoms with Crippen molar-refractivity contribution in [2.75, 3.05) is 12.1 Å². The van der Waals surface area contributed by atoms with Gasteiger partial charge < -0.3 is 10.5 Å². The Labute approximate surface area is 131 Å². The average molecular weight is 317 g/mol. The molecule has 0 saturated carbocycles. The van der Waals surface area contributed by atoms with Gasteiger partial charge in [0.25, 0.3) is 5.91 Å². The molecule has 2 unspecified atom stereocenters. The van der Waals surface area contributed by atoms with E-state index in [1.807, 2.05) is 0 Å². The molecule has 120 valence electrons. The fourth-order valence-corrected chi connectivity index (χ4v) is 2.30. The summed E-state index contributed by atoms with van der Waals surface area (Å²) in [6.45, 7) is 1.47. The molecular formula is C15H15N3O5. The summed E-state index contributed by atoms with van der Waals surface area (Å²) in [6.07, 6.45) is 0. The van der Waals surface area contributed by atoms with Crippen LogP contribution in [0.2, 0.25) is 0 Å². The molecule has 23 heavy (non-hydrogen) atoms. The summed E-state index contributed by atoms with van der Waals surface area (Å²) < 4.78 is 4.41. The van der Waals surface area contributed by atoms with Crippen LogP contribution in [0.5, 0.6) is 0 Å². The van der Waals surface area contributed by atoms with E-state index in [1.165, 1.54) is 6.92 Å². The maximum absolute atomic E-state index is 12.5. The van der Waals surface area contributed by atoms with Crippen molar-refractivity contribution in [2.45, 2.75) is 6.92 Å². The molecule has 1 aliphatic rings. The van der Waals surface area contributed by atoms with Crippen LogP contribution in [0.15, 0.2) is 35.4 Å². The molecule has 2 rings (SSSR count). The van der Waals surface area contributed by atoms with E-state index in [2.05, 4.69) is 9.84 Å². The molecule has 8 nitrogen and oxygen atoms in total. The third kappa shape index (κ3) is 2.96. The minimum absolute atomic E-state index is 0.180. The molecule has 0 saturated heterocycles. The number of amides is 2. The minimum atomic E-state index is -1.84. The van der Waals surface area contributed by atoms with Crippen LogP contribution in [0.4, 0.5) is 5.69 Å². The number of hydrazone groups is 1. The molecule has 8 heteroatoms. The normalized spacial score (nSPS) is 18.3. The van der Waals surface area contributed by atoms with E-state index in [-0.39, 0.29) is 5.71 Å². The zero-order chi connectivity index (χ0) is 17.1. The SMILES string of the molecule is COC(=O)C(C(N)=O)C(=O)C1C(=O)N(c2ccccc2)N=C1C. The first-order valence-corrected chi connectivity index (χ1v) is 6.73. The highest BCUT2D eigenvalue weighted by Crippen LogP contribution is 2.26. The van der Waals surface area contributed by atoms with Crippen molar-refractivity contribution in [3.63, 3.8) is 0 Å². The zero-order valence-corrected chi connectivity index (χ0v) is 12.6. The number of rotatable bonds is 5. The van der Waals surface area contributed by atoms with E-state index in [4.69, 9.17) is 5.73 Å². The summed E-state index contributed by atoms with van der Waals surface area (Å²) in [6, 6.07) is 8.48. The predicted molar refractivity (Wildman–Crippen MR) is 80.2 cm³/mol. The first-order valence-electron chi connectivity index (χ1n) is 6.73. The van der Waals surface area contributed by atoms with Crippen molar-refractivity contribution in [3.8, 4) is 0 Å². The Hall–Kier alpha value is -3.03. The number of anilines is 1. The molecule has 1 aliphatic heterocycles. The maximum atomic E-state index is 12.5. The highest BCUT2D eigenvalue weighted by atomic mass is 16.5. The number of ketones is 1. The molecule has 1 heterocycles. The van der Waals surface area contributed by atoms with Gasteiger partial charge >= 0.3 is 5.97 Å². The highest BCUT2D eigenvalue weighted by molar-refractivity contribution is 6.32. The number of primary amides is 1. The van der Waals surface area contributed by atoms with Crippen LogP contribution in [0, 0.1) is 11.8 Å². The van der Waals surface area contributed by atoms with Crippen molar-refractivity contribution in [1.82, 2.24) is 0 Å². The summed E-state index contributed by atoms with van der Waals surface area (Å²) in [7, 11) is 1.03. The first kappa shape index (κ1) is 16.3. The van der Waals surface area contributed by atoms with Gasteiger partial charge in [-0.3, -0.25) is 19.2 Å². The van der Waals surface area contributed by atoms with E-state index < -0.39 is 35.4 Å². The van der Waals surface area contributed by atoms with E-state index in [0.29, 0.717) is 5.69 Å². The van der Waals surface area contributed by atoms with Crippen molar-refractivity contribution in [1.29, 1.82) is 0 Å². The number of ether oxygens (including phenoxy) is 1. The molecule has 0 aromatic heterocycles. The van der Waals surface area contributed by atoms with Gasteiger partial charge in [-0.25, -0.2) is 0 Å². The number of para-hydroxylation sites is 1. The van der Waals surface area contributed by atoms with Gasteiger partial charge in [0.15, 0.2) is 11.7 Å². The average Bonchev–Trinajstić information content (AvgIpc) is 2.82. The highest BCUT2D eigenvalue weighted by Gasteiger charge is 2.46. The van der Waals surface area contributed by atoms with Gasteiger partial charge in [-0.2, -0.15) is 10.1 Å². The summed E-state index contributed by atoms with van der Waals surface area (Å²) in [5.41, 5.74) is 5.75. The third-order valence-corrected chi connectivity index (χ3v) is 3.42. The number of methoxy groups -OCH3 is 1. The summed E-state index contributed by atoms with van der Waals surface area (Å²) in [5.74, 6) is -7.02. The molecule has 2 amide bonds. The molecule has 2 atom stereocenters. The van der Waals surface area contributed by atoms with Crippen molar-refractivity contribution in [3.05, 3.63) is 30.3 Å². The van der Waals surface area contributed by atoms with Crippen LogP contribution < -0.4 is 10.7 Å². The molecule has 0 aliphatic carbocycles. The summed E-state index contributed by atoms with van der Waals surface area (Å²) in [4.78, 5) is 47.9. The van der Waals surface area contributed by atoms with Gasteiger partial charge in [-0.05, 0) is 19.1 Å². The van der Waals surface area contributed by atoms with Crippen molar-refractivity contribution < 1.29 is 23.9 Å². The van der Waals surface area contributed by atoms with Gasteiger partial charge in [0.1, 0.15) is 5.92 Å². The van der Waals surface area contributed by atoms with E-state index >= 15 is 0 Å². The van der Waals surface area contributed by atoms with E-state index in [0.717, 1.165) is 12.1 Å². The molecule has 1 aromatic carbocycles. The number of carbonyl (C=O) groups is 4. The quantitative estimate of drug-likeness (QED) is 0.599. The molecule has 0 bridgehead atoms. The van der Waals surface area contributed by atoms with Gasteiger partial charge in [0, 0.05) is 0 Å². The monoisotopic (exact) mass is 317 g/mol. The lowest BCUT2D eigenvalue weighted by atomic mass is 9.89. The zero-order valence-electron chi connectivity index (χ0n) is 12.6. The summed E-state index contributed by atoms with van der Waals surface area (Å²) >= 11 is 0. The Morgan fingerprint density at radius 1 is 1.26 bits per heavy atom. The molecule has 0 fully saturated rings. The maximum Gasteiger partial charge on any atom is 0.325 e. The number of Topliss-reactive ketones (excluding diaryl/α,β-unsaturated/α-hetero) is 1. The molecule has 0 spiro atoms.